The van der Waals surface area contributed by atoms with Crippen LogP contribution in [0.25, 0.3) is 16.7 Å². The van der Waals surface area contributed by atoms with Crippen LogP contribution in [0.4, 0.5) is 4.79 Å². The van der Waals surface area contributed by atoms with Gasteiger partial charge in [-0.05, 0) is 34.2 Å². The summed E-state index contributed by atoms with van der Waals surface area (Å²) in [5.74, 6) is 0. The number of fused-ring (bicyclic) bond motifs is 2. The minimum absolute atomic E-state index is 0.0224. The van der Waals surface area contributed by atoms with Gasteiger partial charge < -0.3 is 9.47 Å². The lowest BCUT2D eigenvalue weighted by Gasteiger charge is -2.44. The molecule has 0 N–H and O–H groups in total. The fourth-order valence-electron chi connectivity index (χ4n) is 4.51. The Bertz CT molecular complexity index is 1080. The molecule has 2 heterocycles. The Morgan fingerprint density at radius 1 is 0.871 bits per heavy atom. The first-order chi connectivity index (χ1) is 15.3. The number of hydrogen-bond donors (Lipinski definition) is 0. The van der Waals surface area contributed by atoms with E-state index in [0.29, 0.717) is 13.2 Å². The Morgan fingerprint density at radius 2 is 1.55 bits per heavy atom. The number of carbonyl (C=O) groups excluding carboxylic acids is 1. The first-order valence-corrected chi connectivity index (χ1v) is 10.7. The summed E-state index contributed by atoms with van der Waals surface area (Å²) in [5, 5.41) is 0. The summed E-state index contributed by atoms with van der Waals surface area (Å²) in [4.78, 5) is 14.8. The van der Waals surface area contributed by atoms with Gasteiger partial charge >= 0.3 is 6.09 Å². The highest BCUT2D eigenvalue weighted by atomic mass is 16.6. The van der Waals surface area contributed by atoms with Crippen molar-refractivity contribution in [2.75, 3.05) is 13.2 Å². The van der Waals surface area contributed by atoms with E-state index in [1.165, 1.54) is 22.3 Å². The lowest BCUT2D eigenvalue weighted by molar-refractivity contribution is -0.0342. The van der Waals surface area contributed by atoms with Gasteiger partial charge in [0.05, 0.1) is 25.3 Å². The fourth-order valence-corrected chi connectivity index (χ4v) is 4.51. The second-order valence-corrected chi connectivity index (χ2v) is 8.01. The first kappa shape index (κ1) is 19.6. The molecule has 3 aromatic rings. The van der Waals surface area contributed by atoms with E-state index in [9.17, 15) is 4.79 Å². The molecular weight excluding hydrogens is 386 g/mol. The quantitative estimate of drug-likeness (QED) is 0.565. The van der Waals surface area contributed by atoms with Crippen molar-refractivity contribution in [3.8, 4) is 11.1 Å². The molecule has 2 aliphatic rings. The number of nitrogens with zero attached hydrogens (tertiary/aromatic N) is 1. The summed E-state index contributed by atoms with van der Waals surface area (Å²) in [6.07, 6.45) is 2.66. The van der Waals surface area contributed by atoms with Crippen LogP contribution < -0.4 is 0 Å². The molecular formula is C27H25NO3. The van der Waals surface area contributed by atoms with Gasteiger partial charge in [-0.1, -0.05) is 91.0 Å². The lowest BCUT2D eigenvalue weighted by Crippen LogP contribution is -2.56. The molecule has 0 spiro atoms. The van der Waals surface area contributed by atoms with E-state index in [2.05, 4.69) is 54.6 Å². The molecule has 2 atom stereocenters. The number of ether oxygens (including phenoxy) is 2. The molecule has 31 heavy (non-hydrogen) atoms. The van der Waals surface area contributed by atoms with E-state index >= 15 is 0 Å². The second-order valence-electron chi connectivity index (χ2n) is 8.01. The molecule has 0 aromatic heterocycles. The number of amides is 1. The molecule has 0 saturated carbocycles. The van der Waals surface area contributed by atoms with Crippen LogP contribution in [0.2, 0.25) is 0 Å². The van der Waals surface area contributed by atoms with E-state index in [-0.39, 0.29) is 24.8 Å². The van der Waals surface area contributed by atoms with Crippen molar-refractivity contribution >= 4 is 11.7 Å². The van der Waals surface area contributed by atoms with Gasteiger partial charge in [-0.15, -0.1) is 0 Å². The predicted molar refractivity (Wildman–Crippen MR) is 121 cm³/mol. The Kier molecular flexibility index (Phi) is 5.55. The zero-order chi connectivity index (χ0) is 21.0. The van der Waals surface area contributed by atoms with Gasteiger partial charge in [-0.3, -0.25) is 4.90 Å². The van der Waals surface area contributed by atoms with Crippen LogP contribution in [0.1, 0.15) is 17.5 Å². The summed E-state index contributed by atoms with van der Waals surface area (Å²) in [5.41, 5.74) is 5.90. The van der Waals surface area contributed by atoms with Gasteiger partial charge in [0, 0.05) is 0 Å². The van der Waals surface area contributed by atoms with E-state index in [0.717, 1.165) is 12.0 Å². The SMILES string of the molecule is O=C(OCc1ccccc1)N1C2C=C(c3ccccc3-c3ccccc3)CC1COC2. The normalized spacial score (nSPS) is 20.1. The average molecular weight is 412 g/mol. The summed E-state index contributed by atoms with van der Waals surface area (Å²) in [6.45, 7) is 1.31. The molecule has 5 rings (SSSR count). The van der Waals surface area contributed by atoms with Gasteiger partial charge in [0.2, 0.25) is 0 Å². The Hall–Kier alpha value is -3.37. The molecule has 3 aromatic carbocycles. The number of morpholine rings is 1. The maximum absolute atomic E-state index is 12.9. The van der Waals surface area contributed by atoms with Gasteiger partial charge in [0.15, 0.2) is 0 Å². The Labute approximate surface area is 182 Å². The van der Waals surface area contributed by atoms with E-state index in [4.69, 9.17) is 9.47 Å². The van der Waals surface area contributed by atoms with Gasteiger partial charge in [0.25, 0.3) is 0 Å². The molecule has 1 amide bonds. The van der Waals surface area contributed by atoms with Crippen LogP contribution in [-0.4, -0.2) is 36.3 Å². The Balaban J connectivity index is 1.40. The number of benzene rings is 3. The molecule has 0 aliphatic carbocycles. The van der Waals surface area contributed by atoms with Crippen LogP contribution in [0, 0.1) is 0 Å². The summed E-state index contributed by atoms with van der Waals surface area (Å²) in [6, 6.07) is 28.6. The van der Waals surface area contributed by atoms with Crippen LogP contribution in [0.3, 0.4) is 0 Å². The van der Waals surface area contributed by atoms with E-state index < -0.39 is 0 Å². The second kappa shape index (κ2) is 8.78. The molecule has 2 unspecified atom stereocenters. The summed E-state index contributed by atoms with van der Waals surface area (Å²) >= 11 is 0. The van der Waals surface area contributed by atoms with Crippen molar-refractivity contribution in [3.63, 3.8) is 0 Å². The zero-order valence-corrected chi connectivity index (χ0v) is 17.3. The zero-order valence-electron chi connectivity index (χ0n) is 17.3. The smallest absolute Gasteiger partial charge is 0.411 e. The van der Waals surface area contributed by atoms with E-state index in [1.54, 1.807) is 0 Å². The molecule has 2 bridgehead atoms. The lowest BCUT2D eigenvalue weighted by atomic mass is 9.86. The third-order valence-electron chi connectivity index (χ3n) is 5.97. The van der Waals surface area contributed by atoms with Crippen LogP contribution in [0.5, 0.6) is 0 Å². The monoisotopic (exact) mass is 411 g/mol. The molecule has 0 radical (unpaired) electrons. The maximum Gasteiger partial charge on any atom is 0.411 e. The standard InChI is InChI=1S/C27H25NO3/c29-27(31-17-20-9-3-1-4-10-20)28-23-15-22(16-24(28)19-30-18-23)26-14-8-7-13-25(26)21-11-5-2-6-12-21/h1-15,23-24H,16-19H2. The third kappa shape index (κ3) is 4.12. The first-order valence-electron chi connectivity index (χ1n) is 10.7. The van der Waals surface area contributed by atoms with Crippen molar-refractivity contribution in [2.45, 2.75) is 25.1 Å². The molecule has 156 valence electrons. The predicted octanol–water partition coefficient (Wildman–Crippen LogP) is 5.55. The van der Waals surface area contributed by atoms with Crippen molar-refractivity contribution in [1.29, 1.82) is 0 Å². The van der Waals surface area contributed by atoms with Gasteiger partial charge in [-0.25, -0.2) is 4.79 Å². The fraction of sp³-hybridized carbons (Fsp3) is 0.222. The van der Waals surface area contributed by atoms with E-state index in [1.807, 2.05) is 41.3 Å². The molecule has 1 fully saturated rings. The highest BCUT2D eigenvalue weighted by Crippen LogP contribution is 2.37. The largest absolute Gasteiger partial charge is 0.445 e. The highest BCUT2D eigenvalue weighted by Gasteiger charge is 2.39. The van der Waals surface area contributed by atoms with Crippen LogP contribution in [-0.2, 0) is 16.1 Å². The highest BCUT2D eigenvalue weighted by molar-refractivity contribution is 5.83. The number of hydrogen-bond acceptors (Lipinski definition) is 3. The average Bonchev–Trinajstić information content (AvgIpc) is 2.83. The number of carbonyl (C=O) groups is 1. The van der Waals surface area contributed by atoms with Crippen molar-refractivity contribution in [1.82, 2.24) is 4.90 Å². The van der Waals surface area contributed by atoms with Crippen molar-refractivity contribution in [2.24, 2.45) is 0 Å². The summed E-state index contributed by atoms with van der Waals surface area (Å²) in [7, 11) is 0. The topological polar surface area (TPSA) is 38.8 Å². The molecule has 4 heteroatoms. The molecule has 1 saturated heterocycles. The maximum atomic E-state index is 12.9. The molecule has 2 aliphatic heterocycles. The van der Waals surface area contributed by atoms with Crippen molar-refractivity contribution in [3.05, 3.63) is 102 Å². The Morgan fingerprint density at radius 3 is 2.29 bits per heavy atom. The third-order valence-corrected chi connectivity index (χ3v) is 5.97. The van der Waals surface area contributed by atoms with Crippen molar-refractivity contribution < 1.29 is 14.3 Å². The van der Waals surface area contributed by atoms with Crippen LogP contribution in [0.15, 0.2) is 91.0 Å². The van der Waals surface area contributed by atoms with Gasteiger partial charge in [-0.2, -0.15) is 0 Å². The number of rotatable bonds is 4. The minimum Gasteiger partial charge on any atom is -0.445 e. The minimum atomic E-state index is -0.270. The molecule has 4 nitrogen and oxygen atoms in total. The van der Waals surface area contributed by atoms with Gasteiger partial charge in [0.1, 0.15) is 6.61 Å². The van der Waals surface area contributed by atoms with Crippen LogP contribution >= 0.6 is 0 Å². The summed E-state index contributed by atoms with van der Waals surface area (Å²) < 4.78 is 11.4.